The molecule has 1 aromatic rings. The van der Waals surface area contributed by atoms with E-state index in [4.69, 9.17) is 0 Å². The fourth-order valence-electron chi connectivity index (χ4n) is 1.49. The van der Waals surface area contributed by atoms with Crippen LogP contribution in [0.15, 0.2) is 34.2 Å². The Kier molecular flexibility index (Phi) is 7.34. The quantitative estimate of drug-likeness (QED) is 0.472. The smallest absolute Gasteiger partial charge is 0.191 e. The van der Waals surface area contributed by atoms with Gasteiger partial charge < -0.3 is 10.6 Å². The fourth-order valence-corrected chi connectivity index (χ4v) is 1.89. The van der Waals surface area contributed by atoms with E-state index in [0.717, 1.165) is 25.5 Å². The summed E-state index contributed by atoms with van der Waals surface area (Å²) in [6, 6.07) is 8.56. The van der Waals surface area contributed by atoms with Crippen molar-refractivity contribution in [2.45, 2.75) is 31.7 Å². The Morgan fingerprint density at radius 2 is 1.89 bits per heavy atom. The van der Waals surface area contributed by atoms with Crippen LogP contribution in [-0.4, -0.2) is 25.3 Å². The van der Waals surface area contributed by atoms with E-state index in [1.165, 1.54) is 10.5 Å². The third-order valence-electron chi connectivity index (χ3n) is 2.47. The highest BCUT2D eigenvalue weighted by molar-refractivity contribution is 7.98. The van der Waals surface area contributed by atoms with Gasteiger partial charge in [-0.2, -0.15) is 0 Å². The molecule has 0 saturated heterocycles. The lowest BCUT2D eigenvalue weighted by molar-refractivity contribution is 0.785. The molecule has 0 spiro atoms. The van der Waals surface area contributed by atoms with E-state index in [-0.39, 0.29) is 0 Å². The van der Waals surface area contributed by atoms with Gasteiger partial charge in [0.25, 0.3) is 0 Å². The van der Waals surface area contributed by atoms with Gasteiger partial charge in [-0.1, -0.05) is 19.1 Å². The first-order valence-electron chi connectivity index (χ1n) is 6.45. The summed E-state index contributed by atoms with van der Waals surface area (Å²) in [5, 5.41) is 6.54. The number of benzene rings is 1. The van der Waals surface area contributed by atoms with Crippen LogP contribution in [0.1, 0.15) is 25.8 Å². The van der Waals surface area contributed by atoms with Crippen molar-refractivity contribution in [3.05, 3.63) is 29.8 Å². The van der Waals surface area contributed by atoms with Gasteiger partial charge in [-0.3, -0.25) is 0 Å². The lowest BCUT2D eigenvalue weighted by Gasteiger charge is -2.10. The van der Waals surface area contributed by atoms with Crippen molar-refractivity contribution >= 4 is 17.7 Å². The molecule has 3 nitrogen and oxygen atoms in total. The monoisotopic (exact) mass is 265 g/mol. The summed E-state index contributed by atoms with van der Waals surface area (Å²) in [6.45, 7) is 6.79. The standard InChI is InChI=1S/C14H23N3S/c1-4-10-16-14(15-5-2)17-11-12-6-8-13(18-3)9-7-12/h6-9H,4-5,10-11H2,1-3H3,(H2,15,16,17). The molecule has 0 fully saturated rings. The Hall–Kier alpha value is -1.16. The lowest BCUT2D eigenvalue weighted by Crippen LogP contribution is -2.37. The molecule has 1 rings (SSSR count). The van der Waals surface area contributed by atoms with Crippen LogP contribution in [0.3, 0.4) is 0 Å². The first-order valence-corrected chi connectivity index (χ1v) is 7.67. The topological polar surface area (TPSA) is 36.4 Å². The van der Waals surface area contributed by atoms with E-state index in [0.29, 0.717) is 6.54 Å². The number of hydrogen-bond acceptors (Lipinski definition) is 2. The van der Waals surface area contributed by atoms with E-state index in [1.54, 1.807) is 11.8 Å². The van der Waals surface area contributed by atoms with Gasteiger partial charge in [-0.15, -0.1) is 11.8 Å². The fraction of sp³-hybridized carbons (Fsp3) is 0.500. The van der Waals surface area contributed by atoms with Gasteiger partial charge in [-0.25, -0.2) is 4.99 Å². The van der Waals surface area contributed by atoms with Crippen molar-refractivity contribution in [2.24, 2.45) is 4.99 Å². The highest BCUT2D eigenvalue weighted by atomic mass is 32.2. The van der Waals surface area contributed by atoms with Crippen LogP contribution in [0.25, 0.3) is 0 Å². The predicted octanol–water partition coefficient (Wildman–Crippen LogP) is 2.87. The summed E-state index contributed by atoms with van der Waals surface area (Å²) >= 11 is 1.76. The minimum Gasteiger partial charge on any atom is -0.357 e. The van der Waals surface area contributed by atoms with Crippen LogP contribution in [-0.2, 0) is 6.54 Å². The van der Waals surface area contributed by atoms with Gasteiger partial charge in [0, 0.05) is 18.0 Å². The molecule has 0 aromatic heterocycles. The molecular formula is C14H23N3S. The summed E-state index contributed by atoms with van der Waals surface area (Å²) in [4.78, 5) is 5.85. The van der Waals surface area contributed by atoms with Crippen LogP contribution in [0.2, 0.25) is 0 Å². The molecule has 0 amide bonds. The van der Waals surface area contributed by atoms with Gasteiger partial charge in [-0.05, 0) is 37.3 Å². The SMILES string of the molecule is CCCNC(=NCc1ccc(SC)cc1)NCC. The van der Waals surface area contributed by atoms with Crippen molar-refractivity contribution in [3.8, 4) is 0 Å². The molecular weight excluding hydrogens is 242 g/mol. The number of guanidine groups is 1. The zero-order chi connectivity index (χ0) is 13.2. The average molecular weight is 265 g/mol. The summed E-state index contributed by atoms with van der Waals surface area (Å²) in [5.41, 5.74) is 1.24. The second-order valence-corrected chi connectivity index (χ2v) is 4.85. The molecule has 0 aliphatic heterocycles. The van der Waals surface area contributed by atoms with Gasteiger partial charge in [0.2, 0.25) is 0 Å². The first-order chi connectivity index (χ1) is 8.80. The summed E-state index contributed by atoms with van der Waals surface area (Å²) in [7, 11) is 0. The van der Waals surface area contributed by atoms with Gasteiger partial charge in [0.05, 0.1) is 6.54 Å². The van der Waals surface area contributed by atoms with Crippen molar-refractivity contribution < 1.29 is 0 Å². The van der Waals surface area contributed by atoms with Gasteiger partial charge >= 0.3 is 0 Å². The molecule has 0 heterocycles. The highest BCUT2D eigenvalue weighted by Crippen LogP contribution is 2.15. The molecule has 0 bridgehead atoms. The van der Waals surface area contributed by atoms with Crippen molar-refractivity contribution in [3.63, 3.8) is 0 Å². The maximum absolute atomic E-state index is 4.56. The Morgan fingerprint density at radius 3 is 2.44 bits per heavy atom. The highest BCUT2D eigenvalue weighted by Gasteiger charge is 1.96. The Bertz CT molecular complexity index is 360. The molecule has 100 valence electrons. The number of nitrogens with zero attached hydrogens (tertiary/aromatic N) is 1. The third kappa shape index (κ3) is 5.45. The van der Waals surface area contributed by atoms with E-state index >= 15 is 0 Å². The Morgan fingerprint density at radius 1 is 1.17 bits per heavy atom. The third-order valence-corrected chi connectivity index (χ3v) is 3.21. The number of hydrogen-bond donors (Lipinski definition) is 2. The Balaban J connectivity index is 2.56. The molecule has 18 heavy (non-hydrogen) atoms. The zero-order valence-corrected chi connectivity index (χ0v) is 12.3. The lowest BCUT2D eigenvalue weighted by atomic mass is 10.2. The average Bonchev–Trinajstić information content (AvgIpc) is 2.42. The number of nitrogens with one attached hydrogen (secondary N) is 2. The molecule has 4 heteroatoms. The molecule has 0 aliphatic carbocycles. The van der Waals surface area contributed by atoms with E-state index in [9.17, 15) is 0 Å². The minimum absolute atomic E-state index is 0.716. The van der Waals surface area contributed by atoms with Crippen LogP contribution in [0.4, 0.5) is 0 Å². The summed E-state index contributed by atoms with van der Waals surface area (Å²) in [5.74, 6) is 0.897. The maximum Gasteiger partial charge on any atom is 0.191 e. The second kappa shape index (κ2) is 8.86. The Labute approximate surface area is 114 Å². The second-order valence-electron chi connectivity index (χ2n) is 3.97. The normalized spacial score (nSPS) is 11.4. The molecule has 0 atom stereocenters. The van der Waals surface area contributed by atoms with Gasteiger partial charge in [0.1, 0.15) is 0 Å². The van der Waals surface area contributed by atoms with Crippen LogP contribution in [0.5, 0.6) is 0 Å². The number of thioether (sulfide) groups is 1. The molecule has 0 unspecified atom stereocenters. The number of rotatable bonds is 6. The van der Waals surface area contributed by atoms with Crippen molar-refractivity contribution in [2.75, 3.05) is 19.3 Å². The van der Waals surface area contributed by atoms with Gasteiger partial charge in [0.15, 0.2) is 5.96 Å². The van der Waals surface area contributed by atoms with E-state index in [1.807, 2.05) is 0 Å². The van der Waals surface area contributed by atoms with Crippen molar-refractivity contribution in [1.82, 2.24) is 10.6 Å². The molecule has 0 saturated carbocycles. The van der Waals surface area contributed by atoms with Crippen LogP contribution in [0, 0.1) is 0 Å². The number of aliphatic imine (C=N–C) groups is 1. The van der Waals surface area contributed by atoms with E-state index < -0.39 is 0 Å². The molecule has 0 radical (unpaired) electrons. The van der Waals surface area contributed by atoms with Crippen molar-refractivity contribution in [1.29, 1.82) is 0 Å². The largest absolute Gasteiger partial charge is 0.357 e. The zero-order valence-electron chi connectivity index (χ0n) is 11.5. The maximum atomic E-state index is 4.56. The predicted molar refractivity (Wildman–Crippen MR) is 81.3 cm³/mol. The minimum atomic E-state index is 0.716. The van der Waals surface area contributed by atoms with Crippen LogP contribution >= 0.6 is 11.8 Å². The van der Waals surface area contributed by atoms with E-state index in [2.05, 4.69) is 60.0 Å². The summed E-state index contributed by atoms with van der Waals surface area (Å²) < 4.78 is 0. The van der Waals surface area contributed by atoms with Crippen LogP contribution < -0.4 is 10.6 Å². The molecule has 2 N–H and O–H groups in total. The molecule has 0 aliphatic rings. The summed E-state index contributed by atoms with van der Waals surface area (Å²) in [6.07, 6.45) is 3.19. The first kappa shape index (κ1) is 14.9. The molecule has 1 aromatic carbocycles.